The van der Waals surface area contributed by atoms with Crippen molar-refractivity contribution < 1.29 is 22.4 Å². The molecule has 6 rings (SSSR count). The molecule has 7 nitrogen and oxygen atoms in total. The number of halogens is 3. The van der Waals surface area contributed by atoms with Crippen LogP contribution in [-0.4, -0.2) is 25.5 Å². The number of hydrogen-bond acceptors (Lipinski definition) is 5. The molecule has 32 heavy (non-hydrogen) atoms. The number of rotatable bonds is 2. The Balaban J connectivity index is 1.54. The van der Waals surface area contributed by atoms with Gasteiger partial charge in [0.15, 0.2) is 5.78 Å². The van der Waals surface area contributed by atoms with Gasteiger partial charge in [-0.3, -0.25) is 4.79 Å². The minimum atomic E-state index is -4.71. The highest BCUT2D eigenvalue weighted by Gasteiger charge is 2.44. The zero-order chi connectivity index (χ0) is 22.0. The van der Waals surface area contributed by atoms with E-state index < -0.39 is 18.0 Å². The van der Waals surface area contributed by atoms with Gasteiger partial charge in [-0.2, -0.15) is 18.2 Å². The van der Waals surface area contributed by atoms with E-state index in [-0.39, 0.29) is 24.1 Å². The van der Waals surface area contributed by atoms with E-state index in [0.717, 1.165) is 10.9 Å². The summed E-state index contributed by atoms with van der Waals surface area (Å²) in [5, 5.41) is 7.52. The number of alkyl halides is 3. The molecule has 162 valence electrons. The van der Waals surface area contributed by atoms with Crippen LogP contribution in [0.4, 0.5) is 19.1 Å². The number of furan rings is 1. The SMILES string of the molecule is O=C1C[C@@H](c2ccco2)CC2=C1[C@@H](c1c[nH]c3ccccc13)n1nc(C(F)(F)F)nc1N2. The van der Waals surface area contributed by atoms with Crippen LogP contribution >= 0.6 is 0 Å². The van der Waals surface area contributed by atoms with Crippen molar-refractivity contribution >= 4 is 22.6 Å². The summed E-state index contributed by atoms with van der Waals surface area (Å²) in [7, 11) is 0. The van der Waals surface area contributed by atoms with E-state index in [4.69, 9.17) is 4.42 Å². The molecule has 1 aliphatic heterocycles. The molecule has 4 aromatic rings. The summed E-state index contributed by atoms with van der Waals surface area (Å²) in [5.41, 5.74) is 2.44. The summed E-state index contributed by atoms with van der Waals surface area (Å²) in [4.78, 5) is 20.2. The van der Waals surface area contributed by atoms with Crippen LogP contribution in [0.2, 0.25) is 0 Å². The number of fused-ring (bicyclic) bond motifs is 2. The minimum absolute atomic E-state index is 0.0424. The number of nitrogens with zero attached hydrogens (tertiary/aromatic N) is 3. The molecule has 0 spiro atoms. The zero-order valence-corrected chi connectivity index (χ0v) is 16.5. The highest BCUT2D eigenvalue weighted by molar-refractivity contribution is 6.01. The maximum absolute atomic E-state index is 13.4. The Bertz CT molecular complexity index is 1380. The monoisotopic (exact) mass is 439 g/mol. The molecule has 10 heteroatoms. The molecule has 0 bridgehead atoms. The van der Waals surface area contributed by atoms with Crippen LogP contribution in [0.5, 0.6) is 0 Å². The van der Waals surface area contributed by atoms with E-state index in [0.29, 0.717) is 29.0 Å². The Morgan fingerprint density at radius 2 is 1.97 bits per heavy atom. The Hall–Kier alpha value is -3.82. The maximum Gasteiger partial charge on any atom is 0.453 e. The molecular formula is C22H16F3N5O2. The molecular weight excluding hydrogens is 423 g/mol. The number of Topliss-reactive ketones (excluding diaryl/α,β-unsaturated/α-hetero) is 1. The van der Waals surface area contributed by atoms with E-state index >= 15 is 0 Å². The van der Waals surface area contributed by atoms with Gasteiger partial charge >= 0.3 is 6.18 Å². The maximum atomic E-state index is 13.4. The molecule has 1 aromatic carbocycles. The summed E-state index contributed by atoms with van der Waals surface area (Å²) in [6.45, 7) is 0. The average molecular weight is 439 g/mol. The largest absolute Gasteiger partial charge is 0.469 e. The van der Waals surface area contributed by atoms with Gasteiger partial charge in [-0.15, -0.1) is 5.10 Å². The molecule has 2 N–H and O–H groups in total. The Labute approximate surface area is 178 Å². The molecule has 0 saturated carbocycles. The summed E-state index contributed by atoms with van der Waals surface area (Å²) in [6, 6.07) is 10.2. The van der Waals surface area contributed by atoms with Gasteiger partial charge in [0.1, 0.15) is 11.8 Å². The lowest BCUT2D eigenvalue weighted by molar-refractivity contribution is -0.145. The van der Waals surface area contributed by atoms with Crippen molar-refractivity contribution in [1.82, 2.24) is 19.7 Å². The second-order valence-electron chi connectivity index (χ2n) is 7.95. The van der Waals surface area contributed by atoms with Crippen molar-refractivity contribution in [2.45, 2.75) is 31.0 Å². The summed E-state index contributed by atoms with van der Waals surface area (Å²) in [5.74, 6) is -0.994. The summed E-state index contributed by atoms with van der Waals surface area (Å²) in [6.07, 6.45) is -0.836. The van der Waals surface area contributed by atoms with E-state index in [1.807, 2.05) is 24.3 Å². The van der Waals surface area contributed by atoms with Crippen LogP contribution in [0.3, 0.4) is 0 Å². The third kappa shape index (κ3) is 2.79. The number of H-pyrrole nitrogens is 1. The first-order chi connectivity index (χ1) is 15.4. The van der Waals surface area contributed by atoms with Crippen molar-refractivity contribution in [3.63, 3.8) is 0 Å². The molecule has 4 heterocycles. The van der Waals surface area contributed by atoms with E-state index in [9.17, 15) is 18.0 Å². The van der Waals surface area contributed by atoms with E-state index in [1.165, 1.54) is 4.68 Å². The van der Waals surface area contributed by atoms with E-state index in [2.05, 4.69) is 20.4 Å². The number of anilines is 1. The molecule has 0 saturated heterocycles. The van der Waals surface area contributed by atoms with Crippen LogP contribution in [0.1, 0.15) is 41.9 Å². The second kappa shape index (κ2) is 6.59. The molecule has 1 aliphatic carbocycles. The number of carbonyl (C=O) groups is 1. The number of nitrogens with one attached hydrogen (secondary N) is 2. The van der Waals surface area contributed by atoms with E-state index in [1.54, 1.807) is 24.6 Å². The molecule has 3 aromatic heterocycles. The Morgan fingerprint density at radius 3 is 2.75 bits per heavy atom. The lowest BCUT2D eigenvalue weighted by Crippen LogP contribution is -2.33. The molecule has 2 atom stereocenters. The van der Waals surface area contributed by atoms with Gasteiger partial charge in [0.2, 0.25) is 5.95 Å². The molecule has 2 aliphatic rings. The highest BCUT2D eigenvalue weighted by atomic mass is 19.4. The van der Waals surface area contributed by atoms with Crippen molar-refractivity contribution in [3.05, 3.63) is 77.3 Å². The van der Waals surface area contributed by atoms with Crippen LogP contribution in [-0.2, 0) is 11.0 Å². The standard InChI is InChI=1S/C22H16F3N5O2/c23-22(24,25)20-28-21-27-15-8-11(17-6-3-7-32-17)9-16(31)18(15)19(30(21)29-20)13-10-26-14-5-2-1-4-12(13)14/h1-7,10-11,19,26H,8-9H2,(H,27,28,29)/t11-,19+/m0/s1. The third-order valence-corrected chi connectivity index (χ3v) is 6.03. The lowest BCUT2D eigenvalue weighted by atomic mass is 9.79. The topological polar surface area (TPSA) is 88.7 Å². The fraction of sp³-hybridized carbons (Fsp3) is 0.227. The average Bonchev–Trinajstić information content (AvgIpc) is 3.50. The van der Waals surface area contributed by atoms with Crippen molar-refractivity contribution in [2.75, 3.05) is 5.32 Å². The normalized spacial score (nSPS) is 20.9. The number of allylic oxidation sites excluding steroid dienone is 2. The number of hydrogen-bond donors (Lipinski definition) is 2. The number of ketones is 1. The van der Waals surface area contributed by atoms with Gasteiger partial charge in [0.25, 0.3) is 5.82 Å². The number of aromatic amines is 1. The van der Waals surface area contributed by atoms with Crippen LogP contribution in [0.25, 0.3) is 10.9 Å². The van der Waals surface area contributed by atoms with Gasteiger partial charge in [-0.05, 0) is 24.6 Å². The molecule has 0 amide bonds. The van der Waals surface area contributed by atoms with Crippen LogP contribution in [0.15, 0.2) is 64.5 Å². The van der Waals surface area contributed by atoms with Gasteiger partial charge in [-0.25, -0.2) is 4.68 Å². The minimum Gasteiger partial charge on any atom is -0.469 e. The van der Waals surface area contributed by atoms with Crippen molar-refractivity contribution in [3.8, 4) is 0 Å². The van der Waals surface area contributed by atoms with Crippen LogP contribution < -0.4 is 5.32 Å². The lowest BCUT2D eigenvalue weighted by Gasteiger charge is -2.34. The van der Waals surface area contributed by atoms with Gasteiger partial charge < -0.3 is 14.7 Å². The predicted molar refractivity (Wildman–Crippen MR) is 108 cm³/mol. The fourth-order valence-electron chi connectivity index (χ4n) is 4.66. The van der Waals surface area contributed by atoms with Crippen LogP contribution in [0, 0.1) is 0 Å². The number of carbonyl (C=O) groups excluding carboxylic acids is 1. The quantitative estimate of drug-likeness (QED) is 0.469. The number of para-hydroxylation sites is 1. The molecule has 0 radical (unpaired) electrons. The molecule has 0 fully saturated rings. The number of aromatic nitrogens is 4. The summed E-state index contributed by atoms with van der Waals surface area (Å²) < 4.78 is 46.9. The number of benzene rings is 1. The second-order valence-corrected chi connectivity index (χ2v) is 7.95. The Kier molecular flexibility index (Phi) is 3.89. The first kappa shape index (κ1) is 18.9. The zero-order valence-electron chi connectivity index (χ0n) is 16.5. The first-order valence-electron chi connectivity index (χ1n) is 10.1. The van der Waals surface area contributed by atoms with Gasteiger partial charge in [-0.1, -0.05) is 18.2 Å². The smallest absolute Gasteiger partial charge is 0.453 e. The summed E-state index contributed by atoms with van der Waals surface area (Å²) >= 11 is 0. The van der Waals surface area contributed by atoms with Gasteiger partial charge in [0, 0.05) is 46.3 Å². The fourth-order valence-corrected chi connectivity index (χ4v) is 4.66. The van der Waals surface area contributed by atoms with Gasteiger partial charge in [0.05, 0.1) is 6.26 Å². The van der Waals surface area contributed by atoms with Crippen molar-refractivity contribution in [2.24, 2.45) is 0 Å². The van der Waals surface area contributed by atoms with Crippen molar-refractivity contribution in [1.29, 1.82) is 0 Å². The predicted octanol–water partition coefficient (Wildman–Crippen LogP) is 4.79. The third-order valence-electron chi connectivity index (χ3n) is 6.03. The molecule has 0 unspecified atom stereocenters. The highest BCUT2D eigenvalue weighted by Crippen LogP contribution is 2.46. The first-order valence-corrected chi connectivity index (χ1v) is 10.1. The Morgan fingerprint density at radius 1 is 1.12 bits per heavy atom.